The molecular weight excluding hydrogens is 302 g/mol. The van der Waals surface area contributed by atoms with Gasteiger partial charge in [0.15, 0.2) is 5.84 Å². The van der Waals surface area contributed by atoms with E-state index in [9.17, 15) is 20.4 Å². The molecule has 0 amide bonds. The SMILES string of the molecule is O=[N+]([O-])c1ccc2[nH]nc(C(=Nc3ccc(O)cc3)NO)c2c1. The standard InChI is InChI=1S/C14H11N5O4/c20-10-4-1-8(2-5-10)15-14(18-21)13-11-7-9(19(22)23)3-6-12(11)16-17-13/h1-7,20-21H,(H,15,18)(H,16,17). The molecule has 0 aliphatic carbocycles. The molecule has 4 N–H and O–H groups in total. The quantitative estimate of drug-likeness (QED) is 0.253. The maximum Gasteiger partial charge on any atom is 0.270 e. The zero-order chi connectivity index (χ0) is 16.4. The summed E-state index contributed by atoms with van der Waals surface area (Å²) in [5, 5.41) is 36.7. The number of hydroxylamine groups is 1. The van der Waals surface area contributed by atoms with Gasteiger partial charge in [-0.15, -0.1) is 0 Å². The van der Waals surface area contributed by atoms with Crippen molar-refractivity contribution in [1.29, 1.82) is 0 Å². The molecule has 3 aromatic rings. The molecule has 3 rings (SSSR count). The van der Waals surface area contributed by atoms with Gasteiger partial charge in [-0.25, -0.2) is 4.99 Å². The summed E-state index contributed by atoms with van der Waals surface area (Å²) in [7, 11) is 0. The number of nitro benzene ring substituents is 1. The van der Waals surface area contributed by atoms with Crippen LogP contribution in [0.1, 0.15) is 5.69 Å². The summed E-state index contributed by atoms with van der Waals surface area (Å²) in [6.07, 6.45) is 0. The lowest BCUT2D eigenvalue weighted by atomic mass is 10.2. The highest BCUT2D eigenvalue weighted by atomic mass is 16.6. The third-order valence-electron chi connectivity index (χ3n) is 3.18. The fraction of sp³-hybridized carbons (Fsp3) is 0. The molecule has 0 atom stereocenters. The first-order valence-electron chi connectivity index (χ1n) is 6.49. The Labute approximate surface area is 129 Å². The predicted molar refractivity (Wildman–Crippen MR) is 82.0 cm³/mol. The van der Waals surface area contributed by atoms with E-state index in [1.165, 1.54) is 30.3 Å². The number of hydrogen-bond donors (Lipinski definition) is 4. The van der Waals surface area contributed by atoms with Crippen LogP contribution in [-0.2, 0) is 0 Å². The number of rotatable bonds is 3. The van der Waals surface area contributed by atoms with E-state index in [0.717, 1.165) is 0 Å². The Morgan fingerprint density at radius 2 is 2.00 bits per heavy atom. The minimum absolute atomic E-state index is 0.0161. The number of nitrogens with one attached hydrogen (secondary N) is 2. The largest absolute Gasteiger partial charge is 0.508 e. The van der Waals surface area contributed by atoms with Crippen LogP contribution in [0.15, 0.2) is 47.5 Å². The normalized spacial score (nSPS) is 11.6. The minimum atomic E-state index is -0.515. The number of aliphatic imine (C=N–C) groups is 1. The van der Waals surface area contributed by atoms with E-state index in [0.29, 0.717) is 16.6 Å². The highest BCUT2D eigenvalue weighted by Gasteiger charge is 2.15. The van der Waals surface area contributed by atoms with Crippen molar-refractivity contribution in [1.82, 2.24) is 15.7 Å². The molecule has 0 saturated heterocycles. The summed E-state index contributed by atoms with van der Waals surface area (Å²) in [5.74, 6) is 0.103. The van der Waals surface area contributed by atoms with Crippen LogP contribution in [-0.4, -0.2) is 31.3 Å². The third-order valence-corrected chi connectivity index (χ3v) is 3.18. The summed E-state index contributed by atoms with van der Waals surface area (Å²) in [6.45, 7) is 0. The van der Waals surface area contributed by atoms with E-state index in [1.54, 1.807) is 12.1 Å². The van der Waals surface area contributed by atoms with Gasteiger partial charge in [-0.2, -0.15) is 5.10 Å². The number of nitro groups is 1. The monoisotopic (exact) mass is 313 g/mol. The van der Waals surface area contributed by atoms with Gasteiger partial charge in [0.1, 0.15) is 11.4 Å². The van der Waals surface area contributed by atoms with Crippen molar-refractivity contribution < 1.29 is 15.2 Å². The number of non-ortho nitro benzene ring substituents is 1. The Hall–Kier alpha value is -3.46. The Morgan fingerprint density at radius 1 is 1.26 bits per heavy atom. The number of aromatic amines is 1. The van der Waals surface area contributed by atoms with E-state index < -0.39 is 4.92 Å². The zero-order valence-electron chi connectivity index (χ0n) is 11.6. The first kappa shape index (κ1) is 14.5. The molecule has 1 aromatic heterocycles. The van der Waals surface area contributed by atoms with Crippen molar-refractivity contribution in [3.05, 3.63) is 58.3 Å². The van der Waals surface area contributed by atoms with E-state index in [4.69, 9.17) is 0 Å². The summed E-state index contributed by atoms with van der Waals surface area (Å²) in [5.41, 5.74) is 3.11. The Bertz CT molecular complexity index is 901. The van der Waals surface area contributed by atoms with E-state index in [2.05, 4.69) is 15.2 Å². The lowest BCUT2D eigenvalue weighted by Crippen LogP contribution is -2.20. The first-order chi connectivity index (χ1) is 11.1. The molecule has 0 fully saturated rings. The number of nitrogens with zero attached hydrogens (tertiary/aromatic N) is 3. The second kappa shape index (κ2) is 5.73. The van der Waals surface area contributed by atoms with Gasteiger partial charge in [-0.3, -0.25) is 25.9 Å². The van der Waals surface area contributed by atoms with Gasteiger partial charge >= 0.3 is 0 Å². The molecule has 0 radical (unpaired) electrons. The van der Waals surface area contributed by atoms with Crippen LogP contribution in [0.4, 0.5) is 11.4 Å². The zero-order valence-corrected chi connectivity index (χ0v) is 11.6. The maximum atomic E-state index is 10.9. The molecule has 1 heterocycles. The van der Waals surface area contributed by atoms with E-state index in [1.807, 2.05) is 5.48 Å². The molecule has 0 spiro atoms. The van der Waals surface area contributed by atoms with E-state index >= 15 is 0 Å². The molecule has 0 bridgehead atoms. The van der Waals surface area contributed by atoms with Crippen molar-refractivity contribution in [2.45, 2.75) is 0 Å². The van der Waals surface area contributed by atoms with Gasteiger partial charge in [0.2, 0.25) is 0 Å². The third kappa shape index (κ3) is 2.80. The summed E-state index contributed by atoms with van der Waals surface area (Å²) >= 11 is 0. The molecule has 0 saturated carbocycles. The highest BCUT2D eigenvalue weighted by molar-refractivity contribution is 6.08. The number of benzene rings is 2. The fourth-order valence-corrected chi connectivity index (χ4v) is 2.08. The van der Waals surface area contributed by atoms with Crippen molar-refractivity contribution in [3.63, 3.8) is 0 Å². The fourth-order valence-electron chi connectivity index (χ4n) is 2.08. The molecule has 9 heteroatoms. The van der Waals surface area contributed by atoms with Crippen LogP contribution in [0.5, 0.6) is 5.75 Å². The molecule has 0 unspecified atom stereocenters. The minimum Gasteiger partial charge on any atom is -0.508 e. The number of hydrogen-bond acceptors (Lipinski definition) is 6. The van der Waals surface area contributed by atoms with Crippen molar-refractivity contribution in [2.24, 2.45) is 4.99 Å². The molecule has 2 aromatic carbocycles. The lowest BCUT2D eigenvalue weighted by Gasteiger charge is -2.02. The first-order valence-corrected chi connectivity index (χ1v) is 6.49. The second-order valence-corrected chi connectivity index (χ2v) is 4.65. The predicted octanol–water partition coefficient (Wildman–Crippen LogP) is 2.23. The Balaban J connectivity index is 2.10. The van der Waals surface area contributed by atoms with Crippen molar-refractivity contribution >= 4 is 28.1 Å². The van der Waals surface area contributed by atoms with Crippen LogP contribution in [0, 0.1) is 10.1 Å². The van der Waals surface area contributed by atoms with Gasteiger partial charge in [0.25, 0.3) is 5.69 Å². The van der Waals surface area contributed by atoms with Crippen LogP contribution in [0.3, 0.4) is 0 Å². The average Bonchev–Trinajstić information content (AvgIpc) is 2.97. The molecule has 116 valence electrons. The average molecular weight is 313 g/mol. The van der Waals surface area contributed by atoms with Crippen LogP contribution < -0.4 is 5.48 Å². The van der Waals surface area contributed by atoms with Crippen LogP contribution >= 0.6 is 0 Å². The van der Waals surface area contributed by atoms with Gasteiger partial charge in [0, 0.05) is 17.5 Å². The Morgan fingerprint density at radius 3 is 2.65 bits per heavy atom. The van der Waals surface area contributed by atoms with Gasteiger partial charge < -0.3 is 5.11 Å². The van der Waals surface area contributed by atoms with Gasteiger partial charge in [0.05, 0.1) is 16.1 Å². The van der Waals surface area contributed by atoms with Crippen LogP contribution in [0.25, 0.3) is 10.9 Å². The van der Waals surface area contributed by atoms with Crippen molar-refractivity contribution in [3.8, 4) is 5.75 Å². The molecule has 9 nitrogen and oxygen atoms in total. The number of fused-ring (bicyclic) bond motifs is 1. The summed E-state index contributed by atoms with van der Waals surface area (Å²) < 4.78 is 0. The van der Waals surface area contributed by atoms with Crippen molar-refractivity contribution in [2.75, 3.05) is 0 Å². The number of phenols is 1. The smallest absolute Gasteiger partial charge is 0.270 e. The molecular formula is C14H11N5O4. The summed E-state index contributed by atoms with van der Waals surface area (Å²) in [4.78, 5) is 14.6. The van der Waals surface area contributed by atoms with E-state index in [-0.39, 0.29) is 23.0 Å². The topological polar surface area (TPSA) is 137 Å². The summed E-state index contributed by atoms with van der Waals surface area (Å²) in [6, 6.07) is 10.2. The second-order valence-electron chi connectivity index (χ2n) is 4.65. The number of H-pyrrole nitrogens is 1. The highest BCUT2D eigenvalue weighted by Crippen LogP contribution is 2.23. The Kier molecular flexibility index (Phi) is 3.61. The number of amidine groups is 1. The molecule has 23 heavy (non-hydrogen) atoms. The maximum absolute atomic E-state index is 10.9. The molecule has 0 aliphatic heterocycles. The van der Waals surface area contributed by atoms with Crippen LogP contribution in [0.2, 0.25) is 0 Å². The number of aromatic nitrogens is 2. The van der Waals surface area contributed by atoms with Gasteiger partial charge in [-0.05, 0) is 30.3 Å². The van der Waals surface area contributed by atoms with Gasteiger partial charge in [-0.1, -0.05) is 0 Å². The number of phenolic OH excluding ortho intramolecular Hbond substituents is 1. The number of aromatic hydroxyl groups is 1. The lowest BCUT2D eigenvalue weighted by molar-refractivity contribution is -0.384. The molecule has 0 aliphatic rings.